The summed E-state index contributed by atoms with van der Waals surface area (Å²) < 4.78 is 51.7. The Labute approximate surface area is 147 Å². The van der Waals surface area contributed by atoms with E-state index in [2.05, 4.69) is 0 Å². The third-order valence-electron chi connectivity index (χ3n) is 4.25. The maximum atomic E-state index is 13.2. The van der Waals surface area contributed by atoms with Crippen LogP contribution >= 0.6 is 0 Å². The Morgan fingerprint density at radius 3 is 2.28 bits per heavy atom. The lowest BCUT2D eigenvalue weighted by molar-refractivity contribution is 0.0940. The number of hydrogen-bond donors (Lipinski definition) is 0. The highest BCUT2D eigenvalue weighted by Gasteiger charge is 2.30. The van der Waals surface area contributed by atoms with Crippen LogP contribution < -0.4 is 14.2 Å². The van der Waals surface area contributed by atoms with E-state index in [1.807, 2.05) is 0 Å². The lowest BCUT2D eigenvalue weighted by Crippen LogP contribution is -2.38. The smallest absolute Gasteiger partial charge is 0.374 e. The van der Waals surface area contributed by atoms with Crippen LogP contribution in [0, 0.1) is 5.92 Å². The monoisotopic (exact) mass is 375 g/mol. The highest BCUT2D eigenvalue weighted by Crippen LogP contribution is 2.38. The van der Waals surface area contributed by atoms with Gasteiger partial charge in [0.1, 0.15) is 0 Å². The molecule has 1 aliphatic heterocycles. The second-order valence-electron chi connectivity index (χ2n) is 5.85. The first kappa shape index (κ1) is 19.5. The van der Waals surface area contributed by atoms with Gasteiger partial charge in [0.05, 0.1) is 21.3 Å². The minimum atomic E-state index is -4.72. The zero-order valence-electron chi connectivity index (χ0n) is 14.5. The van der Waals surface area contributed by atoms with Gasteiger partial charge in [-0.3, -0.25) is 4.79 Å². The summed E-state index contributed by atoms with van der Waals surface area (Å²) in [4.78, 5) is 12.6. The van der Waals surface area contributed by atoms with Crippen molar-refractivity contribution >= 4 is 16.2 Å². The molecule has 2 rings (SSSR count). The molecular weight excluding hydrogens is 353 g/mol. The van der Waals surface area contributed by atoms with Crippen LogP contribution in [-0.2, 0) is 10.4 Å². The summed E-state index contributed by atoms with van der Waals surface area (Å²) in [6.07, 6.45) is 1.31. The molecule has 0 saturated carbocycles. The Morgan fingerprint density at radius 1 is 1.20 bits per heavy atom. The van der Waals surface area contributed by atoms with E-state index < -0.39 is 10.4 Å². The first-order chi connectivity index (χ1) is 11.8. The van der Waals surface area contributed by atoms with E-state index in [4.69, 9.17) is 14.2 Å². The van der Waals surface area contributed by atoms with Gasteiger partial charge >= 0.3 is 10.4 Å². The number of ether oxygens (including phenoxy) is 3. The zero-order chi connectivity index (χ0) is 18.6. The predicted molar refractivity (Wildman–Crippen MR) is 89.4 cm³/mol. The second-order valence-corrected chi connectivity index (χ2v) is 7.19. The molecule has 1 aromatic carbocycles. The third-order valence-corrected chi connectivity index (χ3v) is 5.20. The summed E-state index contributed by atoms with van der Waals surface area (Å²) >= 11 is 0. The zero-order valence-corrected chi connectivity index (χ0v) is 15.3. The molecule has 1 saturated heterocycles. The summed E-state index contributed by atoms with van der Waals surface area (Å²) in [6.45, 7) is 0.155. The maximum absolute atomic E-state index is 13.2. The number of Topliss-reactive ketones (excluding diaryl/α,β-unsaturated/α-hetero) is 1. The van der Waals surface area contributed by atoms with Gasteiger partial charge in [-0.15, -0.1) is 0 Å². The molecule has 0 amide bonds. The van der Waals surface area contributed by atoms with E-state index in [1.54, 1.807) is 12.1 Å². The van der Waals surface area contributed by atoms with E-state index in [0.717, 1.165) is 4.31 Å². The molecule has 25 heavy (non-hydrogen) atoms. The van der Waals surface area contributed by atoms with Crippen molar-refractivity contribution in [2.45, 2.75) is 19.3 Å². The van der Waals surface area contributed by atoms with Crippen molar-refractivity contribution in [1.82, 2.24) is 4.31 Å². The largest absolute Gasteiger partial charge is 0.493 e. The van der Waals surface area contributed by atoms with Gasteiger partial charge in [-0.05, 0) is 30.9 Å². The van der Waals surface area contributed by atoms with Crippen LogP contribution in [0.5, 0.6) is 17.2 Å². The van der Waals surface area contributed by atoms with Crippen molar-refractivity contribution in [3.8, 4) is 17.2 Å². The summed E-state index contributed by atoms with van der Waals surface area (Å²) in [5, 5.41) is 0. The minimum absolute atomic E-state index is 0.00893. The molecule has 9 heteroatoms. The summed E-state index contributed by atoms with van der Waals surface area (Å²) in [7, 11) is -0.346. The summed E-state index contributed by atoms with van der Waals surface area (Å²) in [6, 6.07) is 3.10. The van der Waals surface area contributed by atoms with Crippen molar-refractivity contribution in [3.63, 3.8) is 0 Å². The van der Waals surface area contributed by atoms with E-state index in [1.165, 1.54) is 21.3 Å². The van der Waals surface area contributed by atoms with Crippen LogP contribution in [0.25, 0.3) is 0 Å². The fourth-order valence-electron chi connectivity index (χ4n) is 3.01. The van der Waals surface area contributed by atoms with Crippen LogP contribution in [0.1, 0.15) is 29.6 Å². The van der Waals surface area contributed by atoms with Gasteiger partial charge in [0, 0.05) is 25.1 Å². The molecule has 0 bridgehead atoms. The normalized spacial score (nSPS) is 18.6. The first-order valence-corrected chi connectivity index (χ1v) is 9.17. The van der Waals surface area contributed by atoms with Gasteiger partial charge in [-0.1, -0.05) is 3.89 Å². The number of carbonyl (C=O) groups excluding carboxylic acids is 1. The highest BCUT2D eigenvalue weighted by atomic mass is 32.3. The third kappa shape index (κ3) is 4.60. The lowest BCUT2D eigenvalue weighted by atomic mass is 9.91. The van der Waals surface area contributed by atoms with Crippen molar-refractivity contribution in [2.75, 3.05) is 34.4 Å². The number of rotatable bonds is 7. The number of piperidine rings is 1. The number of hydrogen-bond acceptors (Lipinski definition) is 6. The van der Waals surface area contributed by atoms with E-state index >= 15 is 0 Å². The van der Waals surface area contributed by atoms with Crippen molar-refractivity contribution in [1.29, 1.82) is 0 Å². The number of nitrogens with zero attached hydrogens (tertiary/aromatic N) is 1. The molecule has 0 spiro atoms. The Hall–Kier alpha value is -1.87. The number of methoxy groups -OCH3 is 3. The predicted octanol–water partition coefficient (Wildman–Crippen LogP) is 2.21. The molecule has 140 valence electrons. The van der Waals surface area contributed by atoms with Gasteiger partial charge in [0.25, 0.3) is 0 Å². The SMILES string of the molecule is COc1cc(C(=O)CC2CCCN(S(=O)(=O)F)C2)cc(OC)c1OC. The van der Waals surface area contributed by atoms with Crippen LogP contribution in [0.15, 0.2) is 12.1 Å². The molecule has 1 aromatic rings. The van der Waals surface area contributed by atoms with Crippen molar-refractivity contribution < 1.29 is 31.3 Å². The Kier molecular flexibility index (Phi) is 6.23. The standard InChI is InChI=1S/C16H22FNO6S/c1-22-14-8-12(9-15(23-2)16(14)24-3)13(19)7-11-5-4-6-18(10-11)25(17,20)21/h8-9,11H,4-7,10H2,1-3H3. The van der Waals surface area contributed by atoms with E-state index in [-0.39, 0.29) is 31.2 Å². The van der Waals surface area contributed by atoms with Crippen LogP contribution in [0.4, 0.5) is 3.89 Å². The quantitative estimate of drug-likeness (QED) is 0.537. The second kappa shape index (κ2) is 8.01. The fraction of sp³-hybridized carbons (Fsp3) is 0.562. The van der Waals surface area contributed by atoms with E-state index in [9.17, 15) is 17.1 Å². The molecule has 1 atom stereocenters. The molecule has 0 aromatic heterocycles. The van der Waals surface area contributed by atoms with Crippen molar-refractivity contribution in [2.24, 2.45) is 5.92 Å². The van der Waals surface area contributed by atoms with Crippen LogP contribution in [0.2, 0.25) is 0 Å². The average Bonchev–Trinajstić information content (AvgIpc) is 2.59. The Morgan fingerprint density at radius 2 is 1.80 bits per heavy atom. The van der Waals surface area contributed by atoms with Gasteiger partial charge in [0.15, 0.2) is 17.3 Å². The molecule has 1 heterocycles. The number of halogens is 1. The van der Waals surface area contributed by atoms with Gasteiger partial charge in [-0.2, -0.15) is 12.7 Å². The number of ketones is 1. The topological polar surface area (TPSA) is 82.1 Å². The molecule has 1 aliphatic rings. The number of carbonyl (C=O) groups is 1. The summed E-state index contributed by atoms with van der Waals surface area (Å²) in [5.74, 6) is 0.686. The molecular formula is C16H22FNO6S. The maximum Gasteiger partial charge on any atom is 0.374 e. The van der Waals surface area contributed by atoms with Crippen LogP contribution in [0.3, 0.4) is 0 Å². The van der Waals surface area contributed by atoms with Gasteiger partial charge < -0.3 is 14.2 Å². The van der Waals surface area contributed by atoms with Gasteiger partial charge in [-0.25, -0.2) is 0 Å². The molecule has 1 unspecified atom stereocenters. The fourth-order valence-corrected chi connectivity index (χ4v) is 3.75. The average molecular weight is 375 g/mol. The molecule has 0 aliphatic carbocycles. The van der Waals surface area contributed by atoms with Gasteiger partial charge in [0.2, 0.25) is 5.75 Å². The Bertz CT molecular complexity index is 711. The Balaban J connectivity index is 2.18. The van der Waals surface area contributed by atoms with E-state index in [0.29, 0.717) is 35.7 Å². The molecule has 7 nitrogen and oxygen atoms in total. The molecule has 0 radical (unpaired) electrons. The number of benzene rings is 1. The highest BCUT2D eigenvalue weighted by molar-refractivity contribution is 7.83. The van der Waals surface area contributed by atoms with Crippen molar-refractivity contribution in [3.05, 3.63) is 17.7 Å². The minimum Gasteiger partial charge on any atom is -0.493 e. The summed E-state index contributed by atoms with van der Waals surface area (Å²) in [5.41, 5.74) is 0.370. The van der Waals surface area contributed by atoms with Crippen LogP contribution in [-0.4, -0.2) is 52.9 Å². The lowest BCUT2D eigenvalue weighted by Gasteiger charge is -2.28. The first-order valence-electron chi connectivity index (χ1n) is 7.83. The molecule has 0 N–H and O–H groups in total. The molecule has 1 fully saturated rings.